The highest BCUT2D eigenvalue weighted by Crippen LogP contribution is 2.24. The first-order chi connectivity index (χ1) is 14.5. The van der Waals surface area contributed by atoms with E-state index in [1.54, 1.807) is 18.4 Å². The molecule has 30 heavy (non-hydrogen) atoms. The molecule has 0 aliphatic carbocycles. The predicted octanol–water partition coefficient (Wildman–Crippen LogP) is 3.48. The number of benzene rings is 1. The molecule has 7 heteroatoms. The Balaban J connectivity index is 1.46. The van der Waals surface area contributed by atoms with E-state index < -0.39 is 0 Å². The van der Waals surface area contributed by atoms with Crippen LogP contribution in [-0.4, -0.2) is 43.0 Å². The Morgan fingerprint density at radius 2 is 2.13 bits per heavy atom. The number of fused-ring (bicyclic) bond motifs is 1. The minimum absolute atomic E-state index is 0.119. The number of aryl methyl sites for hydroxylation is 1. The molecule has 0 unspecified atom stereocenters. The van der Waals surface area contributed by atoms with Crippen LogP contribution in [0.5, 0.6) is 5.75 Å². The first-order valence-electron chi connectivity index (χ1n) is 10.5. The van der Waals surface area contributed by atoms with Crippen molar-refractivity contribution in [3.05, 3.63) is 51.2 Å². The predicted molar refractivity (Wildman–Crippen MR) is 123 cm³/mol. The molecule has 2 N–H and O–H groups in total. The molecule has 1 aromatic heterocycles. The molecular weight excluding hydrogens is 396 g/mol. The van der Waals surface area contributed by atoms with Gasteiger partial charge in [-0.1, -0.05) is 12.1 Å². The summed E-state index contributed by atoms with van der Waals surface area (Å²) in [5.74, 6) is 1.75. The zero-order valence-corrected chi connectivity index (χ0v) is 19.1. The fraction of sp³-hybridized carbons (Fsp3) is 0.478. The number of thiophene rings is 1. The van der Waals surface area contributed by atoms with Gasteiger partial charge in [0.15, 0.2) is 5.96 Å². The van der Waals surface area contributed by atoms with Gasteiger partial charge < -0.3 is 20.3 Å². The molecule has 1 aliphatic heterocycles. The van der Waals surface area contributed by atoms with E-state index in [-0.39, 0.29) is 12.0 Å². The second-order valence-electron chi connectivity index (χ2n) is 7.81. The molecule has 6 nitrogen and oxygen atoms in total. The van der Waals surface area contributed by atoms with Crippen LogP contribution in [0, 0.1) is 6.92 Å². The number of hydrogen-bond acceptors (Lipinski definition) is 4. The fourth-order valence-corrected chi connectivity index (χ4v) is 4.37. The quantitative estimate of drug-likeness (QED) is 0.523. The third-order valence-electron chi connectivity index (χ3n) is 5.05. The maximum atomic E-state index is 12.6. The van der Waals surface area contributed by atoms with Crippen LogP contribution in [0.3, 0.4) is 0 Å². The molecule has 0 saturated heterocycles. The summed E-state index contributed by atoms with van der Waals surface area (Å²) in [6, 6.07) is 8.34. The molecule has 3 rings (SSSR count). The monoisotopic (exact) mass is 428 g/mol. The molecule has 0 atom stereocenters. The standard InChI is InChI=1S/C23H32N4O2S/c1-16(2)29-20-13-17(3)5-6-18(20)14-26-23(24-4)25-10-7-22(28)27-11-8-21-19(15-27)9-12-30-21/h5-6,9,12-13,16H,7-8,10-11,14-15H2,1-4H3,(H2,24,25,26). The SMILES string of the molecule is CN=C(NCCC(=O)N1CCc2sccc2C1)NCc1ccc(C)cc1OC(C)C. The van der Waals surface area contributed by atoms with Crippen molar-refractivity contribution in [1.29, 1.82) is 0 Å². The van der Waals surface area contributed by atoms with E-state index >= 15 is 0 Å². The van der Waals surface area contributed by atoms with Crippen LogP contribution in [0.25, 0.3) is 0 Å². The van der Waals surface area contributed by atoms with E-state index in [2.05, 4.69) is 52.2 Å². The fourth-order valence-electron chi connectivity index (χ4n) is 3.48. The lowest BCUT2D eigenvalue weighted by molar-refractivity contribution is -0.131. The molecule has 0 spiro atoms. The Kier molecular flexibility index (Phi) is 7.74. The Morgan fingerprint density at radius 3 is 2.90 bits per heavy atom. The van der Waals surface area contributed by atoms with Crippen LogP contribution in [0.1, 0.15) is 41.8 Å². The average Bonchev–Trinajstić information content (AvgIpc) is 3.19. The highest BCUT2D eigenvalue weighted by Gasteiger charge is 2.21. The summed E-state index contributed by atoms with van der Waals surface area (Å²) in [7, 11) is 1.74. The number of nitrogens with one attached hydrogen (secondary N) is 2. The molecule has 2 heterocycles. The van der Waals surface area contributed by atoms with Gasteiger partial charge in [0.1, 0.15) is 5.75 Å². The number of hydrogen-bond donors (Lipinski definition) is 2. The van der Waals surface area contributed by atoms with Gasteiger partial charge in [-0.05, 0) is 55.8 Å². The number of carbonyl (C=O) groups is 1. The molecule has 162 valence electrons. The second-order valence-corrected chi connectivity index (χ2v) is 8.82. The Hall–Kier alpha value is -2.54. The summed E-state index contributed by atoms with van der Waals surface area (Å²) in [5.41, 5.74) is 3.54. The topological polar surface area (TPSA) is 66.0 Å². The molecule has 0 bridgehead atoms. The normalized spacial score (nSPS) is 13.9. The molecule has 1 aliphatic rings. The van der Waals surface area contributed by atoms with Gasteiger partial charge >= 0.3 is 0 Å². The first kappa shape index (κ1) is 22.2. The van der Waals surface area contributed by atoms with Gasteiger partial charge in [0.05, 0.1) is 6.10 Å². The highest BCUT2D eigenvalue weighted by molar-refractivity contribution is 7.10. The van der Waals surface area contributed by atoms with Crippen LogP contribution in [-0.2, 0) is 24.3 Å². The van der Waals surface area contributed by atoms with Crippen LogP contribution >= 0.6 is 11.3 Å². The van der Waals surface area contributed by atoms with Gasteiger partial charge in [-0.2, -0.15) is 0 Å². The minimum Gasteiger partial charge on any atom is -0.491 e. The van der Waals surface area contributed by atoms with E-state index in [1.807, 2.05) is 18.7 Å². The zero-order chi connectivity index (χ0) is 21.5. The van der Waals surface area contributed by atoms with E-state index in [0.717, 1.165) is 30.8 Å². The third-order valence-corrected chi connectivity index (χ3v) is 6.07. The highest BCUT2D eigenvalue weighted by atomic mass is 32.1. The molecule has 0 saturated carbocycles. The molecule has 1 aromatic carbocycles. The summed E-state index contributed by atoms with van der Waals surface area (Å²) in [5, 5.41) is 8.68. The number of guanidine groups is 1. The number of nitrogens with zero attached hydrogens (tertiary/aromatic N) is 2. The molecular formula is C23H32N4O2S. The molecule has 0 radical (unpaired) electrons. The van der Waals surface area contributed by atoms with Crippen LogP contribution in [0.15, 0.2) is 34.6 Å². The smallest absolute Gasteiger partial charge is 0.224 e. The average molecular weight is 429 g/mol. The summed E-state index contributed by atoms with van der Waals surface area (Å²) in [6.07, 6.45) is 1.54. The molecule has 2 aromatic rings. The van der Waals surface area contributed by atoms with Gasteiger partial charge in [-0.25, -0.2) is 0 Å². The van der Waals surface area contributed by atoms with Crippen LogP contribution in [0.2, 0.25) is 0 Å². The lowest BCUT2D eigenvalue weighted by atomic mass is 10.1. The van der Waals surface area contributed by atoms with E-state index in [4.69, 9.17) is 4.74 Å². The van der Waals surface area contributed by atoms with Gasteiger partial charge in [0.2, 0.25) is 5.91 Å². The summed E-state index contributed by atoms with van der Waals surface area (Å²) < 4.78 is 5.94. The Bertz CT molecular complexity index is 891. The third kappa shape index (κ3) is 5.98. The van der Waals surface area contributed by atoms with E-state index in [1.165, 1.54) is 16.0 Å². The van der Waals surface area contributed by atoms with Crippen molar-refractivity contribution in [2.45, 2.75) is 52.8 Å². The molecule has 0 fully saturated rings. The van der Waals surface area contributed by atoms with Crippen molar-refractivity contribution in [1.82, 2.24) is 15.5 Å². The number of ether oxygens (including phenoxy) is 1. The van der Waals surface area contributed by atoms with Crippen molar-refractivity contribution in [3.8, 4) is 5.75 Å². The molecule has 1 amide bonds. The second kappa shape index (κ2) is 10.5. The van der Waals surface area contributed by atoms with E-state index in [9.17, 15) is 4.79 Å². The maximum absolute atomic E-state index is 12.6. The lowest BCUT2D eigenvalue weighted by Crippen LogP contribution is -2.40. The van der Waals surface area contributed by atoms with Gasteiger partial charge in [-0.15, -0.1) is 11.3 Å². The van der Waals surface area contributed by atoms with Gasteiger partial charge in [0, 0.05) is 50.1 Å². The van der Waals surface area contributed by atoms with Gasteiger partial charge in [-0.3, -0.25) is 9.79 Å². The van der Waals surface area contributed by atoms with Crippen molar-refractivity contribution in [2.24, 2.45) is 4.99 Å². The van der Waals surface area contributed by atoms with Crippen molar-refractivity contribution in [3.63, 3.8) is 0 Å². The number of carbonyl (C=O) groups excluding carboxylic acids is 1. The van der Waals surface area contributed by atoms with Gasteiger partial charge in [0.25, 0.3) is 0 Å². The number of aliphatic imine (C=N–C) groups is 1. The maximum Gasteiger partial charge on any atom is 0.224 e. The number of amides is 1. The van der Waals surface area contributed by atoms with Crippen molar-refractivity contribution < 1.29 is 9.53 Å². The largest absolute Gasteiger partial charge is 0.491 e. The first-order valence-corrected chi connectivity index (χ1v) is 11.4. The van der Waals surface area contributed by atoms with Crippen molar-refractivity contribution >= 4 is 23.2 Å². The van der Waals surface area contributed by atoms with Crippen LogP contribution in [0.4, 0.5) is 0 Å². The summed E-state index contributed by atoms with van der Waals surface area (Å²) in [6.45, 7) is 8.81. The minimum atomic E-state index is 0.119. The summed E-state index contributed by atoms with van der Waals surface area (Å²) >= 11 is 1.79. The lowest BCUT2D eigenvalue weighted by Gasteiger charge is -2.27. The van der Waals surface area contributed by atoms with Crippen LogP contribution < -0.4 is 15.4 Å². The summed E-state index contributed by atoms with van der Waals surface area (Å²) in [4.78, 5) is 20.2. The zero-order valence-electron chi connectivity index (χ0n) is 18.3. The van der Waals surface area contributed by atoms with E-state index in [0.29, 0.717) is 25.5 Å². The Morgan fingerprint density at radius 1 is 1.30 bits per heavy atom. The Labute approximate surface area is 183 Å². The van der Waals surface area contributed by atoms with Crippen molar-refractivity contribution in [2.75, 3.05) is 20.1 Å². The number of rotatable bonds is 7.